The van der Waals surface area contributed by atoms with Crippen LogP contribution in [0.2, 0.25) is 0 Å². The van der Waals surface area contributed by atoms with Gasteiger partial charge in [-0.2, -0.15) is 0 Å². The average Bonchev–Trinajstić information content (AvgIpc) is 2.80. The van der Waals surface area contributed by atoms with E-state index in [1.165, 1.54) is 16.7 Å². The molecule has 80 valence electrons. The highest BCUT2D eigenvalue weighted by molar-refractivity contribution is 9.10. The van der Waals surface area contributed by atoms with E-state index in [0.717, 1.165) is 17.3 Å². The van der Waals surface area contributed by atoms with Crippen LogP contribution >= 0.6 is 15.9 Å². The van der Waals surface area contributed by atoms with E-state index in [4.69, 9.17) is 9.47 Å². The van der Waals surface area contributed by atoms with Crippen LogP contribution in [-0.2, 0) is 21.7 Å². The normalized spacial score (nSPS) is 22.3. The first kappa shape index (κ1) is 9.82. The second-order valence-electron chi connectivity index (χ2n) is 4.21. The number of halogens is 1. The first-order valence-corrected chi connectivity index (χ1v) is 6.08. The Morgan fingerprint density at radius 3 is 2.73 bits per heavy atom. The van der Waals surface area contributed by atoms with Crippen molar-refractivity contribution in [1.82, 2.24) is 0 Å². The lowest BCUT2D eigenvalue weighted by molar-refractivity contribution is -0.163. The van der Waals surface area contributed by atoms with Gasteiger partial charge >= 0.3 is 0 Å². The van der Waals surface area contributed by atoms with Crippen molar-refractivity contribution in [3.63, 3.8) is 0 Å². The van der Waals surface area contributed by atoms with E-state index >= 15 is 0 Å². The van der Waals surface area contributed by atoms with Gasteiger partial charge in [0.05, 0.1) is 13.2 Å². The molecule has 15 heavy (non-hydrogen) atoms. The summed E-state index contributed by atoms with van der Waals surface area (Å²) in [5.41, 5.74) is 3.87. The van der Waals surface area contributed by atoms with Gasteiger partial charge in [0.25, 0.3) is 0 Å². The number of hydrogen-bond acceptors (Lipinski definition) is 2. The van der Waals surface area contributed by atoms with Crippen LogP contribution in [-0.4, -0.2) is 13.2 Å². The molecule has 1 aliphatic carbocycles. The molecule has 1 heterocycles. The van der Waals surface area contributed by atoms with Gasteiger partial charge in [0.1, 0.15) is 0 Å². The summed E-state index contributed by atoms with van der Waals surface area (Å²) in [6.07, 6.45) is 2.02. The molecule has 0 bridgehead atoms. The Bertz CT molecular complexity index is 408. The van der Waals surface area contributed by atoms with Crippen LogP contribution in [0.3, 0.4) is 0 Å². The third kappa shape index (κ3) is 1.37. The van der Waals surface area contributed by atoms with Crippen LogP contribution in [0.25, 0.3) is 0 Å². The largest absolute Gasteiger partial charge is 0.343 e. The topological polar surface area (TPSA) is 18.5 Å². The maximum Gasteiger partial charge on any atom is 0.195 e. The lowest BCUT2D eigenvalue weighted by Crippen LogP contribution is -2.23. The molecule has 0 saturated carbocycles. The quantitative estimate of drug-likeness (QED) is 0.721. The van der Waals surface area contributed by atoms with E-state index in [-0.39, 0.29) is 0 Å². The van der Waals surface area contributed by atoms with Crippen LogP contribution in [0.5, 0.6) is 0 Å². The molecular weight excluding hydrogens is 256 g/mol. The number of aryl methyl sites for hydroxylation is 2. The van der Waals surface area contributed by atoms with Gasteiger partial charge in [-0.1, -0.05) is 22.0 Å². The summed E-state index contributed by atoms with van der Waals surface area (Å²) in [4.78, 5) is 0. The fourth-order valence-corrected chi connectivity index (χ4v) is 2.83. The zero-order chi connectivity index (χ0) is 10.5. The highest BCUT2D eigenvalue weighted by atomic mass is 79.9. The van der Waals surface area contributed by atoms with Gasteiger partial charge in [0.2, 0.25) is 0 Å². The summed E-state index contributed by atoms with van der Waals surface area (Å²) in [6.45, 7) is 3.54. The van der Waals surface area contributed by atoms with Gasteiger partial charge in [-0.3, -0.25) is 0 Å². The molecule has 0 aromatic heterocycles. The van der Waals surface area contributed by atoms with E-state index in [1.807, 2.05) is 0 Å². The average molecular weight is 269 g/mol. The van der Waals surface area contributed by atoms with Gasteiger partial charge in [0, 0.05) is 16.5 Å². The number of benzene rings is 1. The zero-order valence-electron chi connectivity index (χ0n) is 8.68. The Hall–Kier alpha value is -0.380. The van der Waals surface area contributed by atoms with Gasteiger partial charge in [-0.15, -0.1) is 0 Å². The number of hydrogen-bond donors (Lipinski definition) is 0. The number of ether oxygens (including phenoxy) is 2. The van der Waals surface area contributed by atoms with Crippen molar-refractivity contribution in [3.8, 4) is 0 Å². The molecule has 1 aromatic carbocycles. The van der Waals surface area contributed by atoms with E-state index < -0.39 is 5.79 Å². The molecule has 3 rings (SSSR count). The summed E-state index contributed by atoms with van der Waals surface area (Å²) in [7, 11) is 0. The van der Waals surface area contributed by atoms with Crippen molar-refractivity contribution < 1.29 is 9.47 Å². The van der Waals surface area contributed by atoms with Crippen LogP contribution in [0.15, 0.2) is 16.6 Å². The fraction of sp³-hybridized carbons (Fsp3) is 0.500. The lowest BCUT2D eigenvalue weighted by Gasteiger charge is -2.23. The van der Waals surface area contributed by atoms with E-state index in [1.54, 1.807) is 0 Å². The predicted octanol–water partition coefficient (Wildman–Crippen LogP) is 2.90. The number of rotatable bonds is 0. The Labute approximate surface area is 97.7 Å². The first-order valence-electron chi connectivity index (χ1n) is 5.29. The zero-order valence-corrected chi connectivity index (χ0v) is 10.3. The van der Waals surface area contributed by atoms with Crippen molar-refractivity contribution in [2.45, 2.75) is 25.6 Å². The van der Waals surface area contributed by atoms with Crippen molar-refractivity contribution >= 4 is 15.9 Å². The third-order valence-corrected chi connectivity index (χ3v) is 4.13. The molecule has 0 atom stereocenters. The molecule has 3 heteroatoms. The minimum Gasteiger partial charge on any atom is -0.343 e. The van der Waals surface area contributed by atoms with Crippen LogP contribution in [0.1, 0.15) is 23.1 Å². The Kier molecular flexibility index (Phi) is 2.16. The Balaban J connectivity index is 2.13. The summed E-state index contributed by atoms with van der Waals surface area (Å²) < 4.78 is 12.7. The first-order chi connectivity index (χ1) is 7.21. The maximum absolute atomic E-state index is 5.78. The molecule has 0 amide bonds. The van der Waals surface area contributed by atoms with E-state index in [0.29, 0.717) is 13.2 Å². The number of fused-ring (bicyclic) bond motifs is 2. The molecule has 1 aliphatic heterocycles. The Morgan fingerprint density at radius 2 is 2.00 bits per heavy atom. The van der Waals surface area contributed by atoms with Crippen LogP contribution < -0.4 is 0 Å². The van der Waals surface area contributed by atoms with Crippen molar-refractivity contribution in [2.75, 3.05) is 13.2 Å². The van der Waals surface area contributed by atoms with E-state index in [2.05, 4.69) is 35.0 Å². The predicted molar refractivity (Wildman–Crippen MR) is 60.8 cm³/mol. The molecule has 0 unspecified atom stereocenters. The summed E-state index contributed by atoms with van der Waals surface area (Å²) in [5, 5.41) is 0. The smallest absolute Gasteiger partial charge is 0.195 e. The van der Waals surface area contributed by atoms with Crippen LogP contribution in [0.4, 0.5) is 0 Å². The van der Waals surface area contributed by atoms with Gasteiger partial charge in [-0.25, -0.2) is 0 Å². The molecule has 2 nitrogen and oxygen atoms in total. The summed E-state index contributed by atoms with van der Waals surface area (Å²) in [6, 6.07) is 4.39. The summed E-state index contributed by atoms with van der Waals surface area (Å²) in [5.74, 6) is -0.425. The standard InChI is InChI=1S/C12H13BrO2/c1-8-6-9-2-3-12(14-4-5-15-12)10(9)7-11(8)13/h6-7H,2-5H2,1H3. The highest BCUT2D eigenvalue weighted by Gasteiger charge is 2.44. The molecule has 2 aliphatic rings. The molecule has 1 aromatic rings. The summed E-state index contributed by atoms with van der Waals surface area (Å²) >= 11 is 3.57. The second kappa shape index (κ2) is 3.30. The van der Waals surface area contributed by atoms with Crippen molar-refractivity contribution in [3.05, 3.63) is 33.3 Å². The minimum atomic E-state index is -0.425. The van der Waals surface area contributed by atoms with Crippen LogP contribution in [0, 0.1) is 6.92 Å². The Morgan fingerprint density at radius 1 is 1.27 bits per heavy atom. The van der Waals surface area contributed by atoms with Gasteiger partial charge in [-0.05, 0) is 30.5 Å². The SMILES string of the molecule is Cc1cc2c(cc1Br)C1(CC2)OCCO1. The van der Waals surface area contributed by atoms with E-state index in [9.17, 15) is 0 Å². The fourth-order valence-electron chi connectivity index (χ4n) is 2.49. The van der Waals surface area contributed by atoms with Crippen molar-refractivity contribution in [1.29, 1.82) is 0 Å². The molecular formula is C12H13BrO2. The second-order valence-corrected chi connectivity index (χ2v) is 5.06. The molecule has 0 N–H and O–H groups in total. The van der Waals surface area contributed by atoms with Crippen molar-refractivity contribution in [2.24, 2.45) is 0 Å². The molecule has 1 fully saturated rings. The maximum atomic E-state index is 5.78. The van der Waals surface area contributed by atoms with Gasteiger partial charge in [0.15, 0.2) is 5.79 Å². The van der Waals surface area contributed by atoms with Gasteiger partial charge < -0.3 is 9.47 Å². The molecule has 1 saturated heterocycles. The molecule has 0 radical (unpaired) electrons. The molecule has 1 spiro atoms. The monoisotopic (exact) mass is 268 g/mol. The third-order valence-electron chi connectivity index (χ3n) is 3.27. The minimum absolute atomic E-state index is 0.425. The lowest BCUT2D eigenvalue weighted by atomic mass is 10.0. The highest BCUT2D eigenvalue weighted by Crippen LogP contribution is 2.44.